The summed E-state index contributed by atoms with van der Waals surface area (Å²) in [7, 11) is 1.97. The third kappa shape index (κ3) is 3.33. The summed E-state index contributed by atoms with van der Waals surface area (Å²) in [6, 6.07) is 4.84. The zero-order valence-electron chi connectivity index (χ0n) is 8.50. The van der Waals surface area contributed by atoms with E-state index in [2.05, 4.69) is 43.4 Å². The smallest absolute Gasteiger partial charge is 0.0270 e. The van der Waals surface area contributed by atoms with Crippen LogP contribution in [-0.4, -0.2) is 13.1 Å². The molecule has 0 amide bonds. The SMILES string of the molecule is CCc1ccc(/C=C/C(C)NC)s1. The van der Waals surface area contributed by atoms with E-state index < -0.39 is 0 Å². The Kier molecular flexibility index (Phi) is 4.19. The summed E-state index contributed by atoms with van der Waals surface area (Å²) in [6.45, 7) is 4.33. The van der Waals surface area contributed by atoms with Gasteiger partial charge in [0, 0.05) is 15.8 Å². The summed E-state index contributed by atoms with van der Waals surface area (Å²) >= 11 is 1.87. The second-order valence-corrected chi connectivity index (χ2v) is 4.29. The van der Waals surface area contributed by atoms with Crippen molar-refractivity contribution < 1.29 is 0 Å². The lowest BCUT2D eigenvalue weighted by atomic mass is 10.3. The minimum Gasteiger partial charge on any atom is -0.314 e. The quantitative estimate of drug-likeness (QED) is 0.779. The van der Waals surface area contributed by atoms with Crippen LogP contribution in [0.15, 0.2) is 18.2 Å². The number of thiophene rings is 1. The van der Waals surface area contributed by atoms with Crippen molar-refractivity contribution in [3.63, 3.8) is 0 Å². The predicted octanol–water partition coefficient (Wildman–Crippen LogP) is 2.93. The fraction of sp³-hybridized carbons (Fsp3) is 0.455. The Morgan fingerprint density at radius 2 is 2.31 bits per heavy atom. The van der Waals surface area contributed by atoms with Gasteiger partial charge in [0.15, 0.2) is 0 Å². The highest BCUT2D eigenvalue weighted by atomic mass is 32.1. The van der Waals surface area contributed by atoms with Gasteiger partial charge in [0.05, 0.1) is 0 Å². The van der Waals surface area contributed by atoms with Crippen LogP contribution in [0.5, 0.6) is 0 Å². The Bertz CT molecular complexity index is 275. The lowest BCUT2D eigenvalue weighted by Crippen LogP contribution is -2.17. The molecule has 0 radical (unpaired) electrons. The first-order chi connectivity index (χ1) is 6.26. The van der Waals surface area contributed by atoms with Crippen LogP contribution in [0.2, 0.25) is 0 Å². The Labute approximate surface area is 84.5 Å². The van der Waals surface area contributed by atoms with E-state index in [1.54, 1.807) is 0 Å². The molecule has 0 aliphatic rings. The number of hydrogen-bond acceptors (Lipinski definition) is 2. The van der Waals surface area contributed by atoms with Gasteiger partial charge in [-0.3, -0.25) is 0 Å². The Balaban J connectivity index is 2.58. The molecule has 1 aromatic rings. The summed E-state index contributed by atoms with van der Waals surface area (Å²) in [5.41, 5.74) is 0. The number of nitrogens with one attached hydrogen (secondary N) is 1. The molecule has 72 valence electrons. The molecule has 2 heteroatoms. The molecular weight excluding hydrogens is 178 g/mol. The lowest BCUT2D eigenvalue weighted by Gasteiger charge is -2.00. The summed E-state index contributed by atoms with van der Waals surface area (Å²) in [5.74, 6) is 0. The minimum atomic E-state index is 0.451. The molecule has 0 spiro atoms. The molecule has 1 heterocycles. The number of likely N-dealkylation sites (N-methyl/N-ethyl adjacent to an activating group) is 1. The molecule has 0 saturated heterocycles. The minimum absolute atomic E-state index is 0.451. The fourth-order valence-corrected chi connectivity index (χ4v) is 1.88. The molecular formula is C11H17NS. The fourth-order valence-electron chi connectivity index (χ4n) is 1.01. The maximum absolute atomic E-state index is 3.17. The van der Waals surface area contributed by atoms with E-state index in [9.17, 15) is 0 Å². The molecule has 1 aromatic heterocycles. The van der Waals surface area contributed by atoms with Gasteiger partial charge in [0.25, 0.3) is 0 Å². The summed E-state index contributed by atoms with van der Waals surface area (Å²) in [6.07, 6.45) is 5.51. The Morgan fingerprint density at radius 1 is 1.54 bits per heavy atom. The van der Waals surface area contributed by atoms with Crippen LogP contribution in [0.4, 0.5) is 0 Å². The zero-order valence-corrected chi connectivity index (χ0v) is 9.32. The summed E-state index contributed by atoms with van der Waals surface area (Å²) < 4.78 is 0. The van der Waals surface area contributed by atoms with E-state index in [1.165, 1.54) is 9.75 Å². The molecule has 0 aliphatic carbocycles. The van der Waals surface area contributed by atoms with Gasteiger partial charge in [-0.25, -0.2) is 0 Å². The maximum Gasteiger partial charge on any atom is 0.0270 e. The summed E-state index contributed by atoms with van der Waals surface area (Å²) in [4.78, 5) is 2.80. The van der Waals surface area contributed by atoms with Crippen molar-refractivity contribution in [1.29, 1.82) is 0 Å². The molecule has 0 bridgehead atoms. The van der Waals surface area contributed by atoms with Gasteiger partial charge in [-0.05, 0) is 38.6 Å². The monoisotopic (exact) mass is 195 g/mol. The second kappa shape index (κ2) is 5.20. The first kappa shape index (κ1) is 10.5. The third-order valence-corrected chi connectivity index (χ3v) is 3.23. The molecule has 13 heavy (non-hydrogen) atoms. The van der Waals surface area contributed by atoms with E-state index in [0.29, 0.717) is 6.04 Å². The molecule has 1 unspecified atom stereocenters. The standard InChI is InChI=1S/C11H17NS/c1-4-10-7-8-11(13-10)6-5-9(2)12-3/h5-9,12H,4H2,1-3H3/b6-5+. The first-order valence-corrected chi connectivity index (χ1v) is 5.52. The average Bonchev–Trinajstić information content (AvgIpc) is 2.61. The largest absolute Gasteiger partial charge is 0.314 e. The second-order valence-electron chi connectivity index (χ2n) is 3.09. The van der Waals surface area contributed by atoms with E-state index in [1.807, 2.05) is 18.4 Å². The molecule has 1 N–H and O–H groups in total. The highest BCUT2D eigenvalue weighted by Gasteiger charge is 1.95. The first-order valence-electron chi connectivity index (χ1n) is 4.70. The van der Waals surface area contributed by atoms with Crippen molar-refractivity contribution in [2.24, 2.45) is 0 Å². The van der Waals surface area contributed by atoms with Crippen molar-refractivity contribution in [3.05, 3.63) is 28.0 Å². The van der Waals surface area contributed by atoms with Gasteiger partial charge in [0.2, 0.25) is 0 Å². The maximum atomic E-state index is 3.17. The van der Waals surface area contributed by atoms with Crippen molar-refractivity contribution in [2.75, 3.05) is 7.05 Å². The van der Waals surface area contributed by atoms with E-state index in [0.717, 1.165) is 6.42 Å². The Morgan fingerprint density at radius 3 is 2.85 bits per heavy atom. The van der Waals surface area contributed by atoms with Crippen molar-refractivity contribution >= 4 is 17.4 Å². The van der Waals surface area contributed by atoms with E-state index in [4.69, 9.17) is 0 Å². The normalized spacial score (nSPS) is 13.8. The van der Waals surface area contributed by atoms with Gasteiger partial charge in [0.1, 0.15) is 0 Å². The summed E-state index contributed by atoms with van der Waals surface area (Å²) in [5, 5.41) is 3.17. The van der Waals surface area contributed by atoms with Crippen LogP contribution in [0.25, 0.3) is 6.08 Å². The molecule has 1 atom stereocenters. The Hall–Kier alpha value is -0.600. The van der Waals surface area contributed by atoms with E-state index in [-0.39, 0.29) is 0 Å². The molecule has 0 fully saturated rings. The molecule has 0 aromatic carbocycles. The van der Waals surface area contributed by atoms with Crippen LogP contribution in [0.3, 0.4) is 0 Å². The third-order valence-electron chi connectivity index (χ3n) is 2.04. The van der Waals surface area contributed by atoms with Crippen LogP contribution in [0.1, 0.15) is 23.6 Å². The highest BCUT2D eigenvalue weighted by molar-refractivity contribution is 7.12. The van der Waals surface area contributed by atoms with Crippen LogP contribution < -0.4 is 5.32 Å². The molecule has 0 aliphatic heterocycles. The van der Waals surface area contributed by atoms with Crippen molar-refractivity contribution in [1.82, 2.24) is 5.32 Å². The molecule has 1 rings (SSSR count). The predicted molar refractivity (Wildman–Crippen MR) is 61.3 cm³/mol. The highest BCUT2D eigenvalue weighted by Crippen LogP contribution is 2.18. The number of rotatable bonds is 4. The topological polar surface area (TPSA) is 12.0 Å². The average molecular weight is 195 g/mol. The van der Waals surface area contributed by atoms with Crippen LogP contribution in [-0.2, 0) is 6.42 Å². The number of hydrogen-bond donors (Lipinski definition) is 1. The van der Waals surface area contributed by atoms with Crippen LogP contribution >= 0.6 is 11.3 Å². The molecule has 1 nitrogen and oxygen atoms in total. The van der Waals surface area contributed by atoms with Gasteiger partial charge < -0.3 is 5.32 Å². The van der Waals surface area contributed by atoms with Crippen molar-refractivity contribution in [3.8, 4) is 0 Å². The van der Waals surface area contributed by atoms with Crippen molar-refractivity contribution in [2.45, 2.75) is 26.3 Å². The lowest BCUT2D eigenvalue weighted by molar-refractivity contribution is 0.732. The van der Waals surface area contributed by atoms with Gasteiger partial charge in [-0.15, -0.1) is 11.3 Å². The van der Waals surface area contributed by atoms with Gasteiger partial charge in [-0.1, -0.05) is 13.0 Å². The number of aryl methyl sites for hydroxylation is 1. The van der Waals surface area contributed by atoms with Gasteiger partial charge in [-0.2, -0.15) is 0 Å². The molecule has 0 saturated carbocycles. The van der Waals surface area contributed by atoms with Gasteiger partial charge >= 0.3 is 0 Å². The van der Waals surface area contributed by atoms with E-state index >= 15 is 0 Å². The van der Waals surface area contributed by atoms with Crippen LogP contribution in [0, 0.1) is 0 Å². The zero-order chi connectivity index (χ0) is 9.68.